The van der Waals surface area contributed by atoms with E-state index in [1.807, 2.05) is 18.2 Å². The predicted molar refractivity (Wildman–Crippen MR) is 67.2 cm³/mol. The number of thioether (sulfide) groups is 1. The molecule has 4 nitrogen and oxygen atoms in total. The van der Waals surface area contributed by atoms with Crippen LogP contribution in [-0.4, -0.2) is 10.2 Å². The Morgan fingerprint density at radius 2 is 2.25 bits per heavy atom. The molecule has 2 N–H and O–H groups in total. The molecule has 0 saturated carbocycles. The summed E-state index contributed by atoms with van der Waals surface area (Å²) in [6.07, 6.45) is 0. The van der Waals surface area contributed by atoms with Gasteiger partial charge in [0.25, 0.3) is 0 Å². The van der Waals surface area contributed by atoms with E-state index in [1.54, 1.807) is 18.7 Å². The molecular formula is C10H10BrN3OS. The number of rotatable bonds is 3. The fourth-order valence-corrected chi connectivity index (χ4v) is 2.52. The summed E-state index contributed by atoms with van der Waals surface area (Å²) in [6, 6.07) is 5.75. The van der Waals surface area contributed by atoms with Crippen LogP contribution in [0, 0.1) is 6.92 Å². The van der Waals surface area contributed by atoms with E-state index in [4.69, 9.17) is 10.2 Å². The quantitative estimate of drug-likeness (QED) is 0.697. The van der Waals surface area contributed by atoms with E-state index < -0.39 is 0 Å². The summed E-state index contributed by atoms with van der Waals surface area (Å²) in [4.78, 5) is 1.00. The second-order valence-corrected chi connectivity index (χ2v) is 5.12. The predicted octanol–water partition coefficient (Wildman–Crippen LogP) is 3.02. The Morgan fingerprint density at radius 3 is 2.94 bits per heavy atom. The number of halogens is 1. The van der Waals surface area contributed by atoms with Crippen LogP contribution < -0.4 is 5.73 Å². The van der Waals surface area contributed by atoms with Crippen molar-refractivity contribution in [2.45, 2.75) is 17.6 Å². The molecule has 0 radical (unpaired) electrons. The smallest absolute Gasteiger partial charge is 0.226 e. The van der Waals surface area contributed by atoms with Gasteiger partial charge in [0.05, 0.1) is 5.75 Å². The zero-order valence-corrected chi connectivity index (χ0v) is 11.0. The maximum atomic E-state index is 5.85. The van der Waals surface area contributed by atoms with Gasteiger partial charge >= 0.3 is 0 Å². The molecule has 0 aliphatic rings. The van der Waals surface area contributed by atoms with Crippen LogP contribution in [0.2, 0.25) is 0 Å². The number of hydrogen-bond donors (Lipinski definition) is 1. The Kier molecular flexibility index (Phi) is 3.50. The summed E-state index contributed by atoms with van der Waals surface area (Å²) in [5.41, 5.74) is 6.60. The van der Waals surface area contributed by atoms with Gasteiger partial charge in [-0.1, -0.05) is 15.9 Å². The van der Waals surface area contributed by atoms with Gasteiger partial charge in [0.1, 0.15) is 0 Å². The minimum atomic E-state index is 0.581. The zero-order valence-electron chi connectivity index (χ0n) is 8.61. The molecule has 0 aliphatic heterocycles. The van der Waals surface area contributed by atoms with Gasteiger partial charge in [-0.2, -0.15) is 0 Å². The molecule has 0 spiro atoms. The Labute approximate surface area is 106 Å². The minimum absolute atomic E-state index is 0.581. The number of nitrogens with zero attached hydrogens (tertiary/aromatic N) is 2. The normalized spacial score (nSPS) is 10.6. The van der Waals surface area contributed by atoms with Crippen molar-refractivity contribution in [2.24, 2.45) is 0 Å². The van der Waals surface area contributed by atoms with Gasteiger partial charge in [-0.3, -0.25) is 0 Å². The summed E-state index contributed by atoms with van der Waals surface area (Å²) < 4.78 is 6.29. The number of hydrogen-bond acceptors (Lipinski definition) is 5. The van der Waals surface area contributed by atoms with E-state index in [9.17, 15) is 0 Å². The first-order valence-corrected chi connectivity index (χ1v) is 6.40. The molecule has 1 aromatic carbocycles. The van der Waals surface area contributed by atoms with Crippen molar-refractivity contribution in [3.8, 4) is 0 Å². The largest absolute Gasteiger partial charge is 0.425 e. The van der Waals surface area contributed by atoms with E-state index in [0.717, 1.165) is 15.1 Å². The third-order valence-corrected chi connectivity index (χ3v) is 3.44. The third-order valence-electron chi connectivity index (χ3n) is 1.89. The standard InChI is InChI=1S/C10H10BrN3OS/c1-6-13-14-10(15-6)5-16-9-4-7(11)2-3-8(9)12/h2-4H,5,12H2,1H3. The van der Waals surface area contributed by atoms with Crippen LogP contribution in [0.3, 0.4) is 0 Å². The fourth-order valence-electron chi connectivity index (χ4n) is 1.17. The Balaban J connectivity index is 2.07. The maximum Gasteiger partial charge on any atom is 0.226 e. The monoisotopic (exact) mass is 299 g/mol. The molecule has 0 saturated heterocycles. The molecule has 2 rings (SSSR count). The van der Waals surface area contributed by atoms with E-state index in [2.05, 4.69) is 26.1 Å². The number of aryl methyl sites for hydroxylation is 1. The summed E-state index contributed by atoms with van der Waals surface area (Å²) in [7, 11) is 0. The molecule has 0 unspecified atom stereocenters. The average Bonchev–Trinajstić information content (AvgIpc) is 2.66. The second-order valence-electron chi connectivity index (χ2n) is 3.19. The summed E-state index contributed by atoms with van der Waals surface area (Å²) in [5, 5.41) is 7.69. The van der Waals surface area contributed by atoms with Crippen molar-refractivity contribution in [1.29, 1.82) is 0 Å². The van der Waals surface area contributed by atoms with Crippen LogP contribution in [-0.2, 0) is 5.75 Å². The van der Waals surface area contributed by atoms with Crippen molar-refractivity contribution in [2.75, 3.05) is 5.73 Å². The van der Waals surface area contributed by atoms with Crippen molar-refractivity contribution in [3.05, 3.63) is 34.5 Å². The van der Waals surface area contributed by atoms with Gasteiger partial charge in [-0.05, 0) is 18.2 Å². The van der Waals surface area contributed by atoms with Gasteiger partial charge in [0.15, 0.2) is 0 Å². The topological polar surface area (TPSA) is 64.9 Å². The number of benzene rings is 1. The molecule has 16 heavy (non-hydrogen) atoms. The second kappa shape index (κ2) is 4.88. The third kappa shape index (κ3) is 2.76. The van der Waals surface area contributed by atoms with Crippen LogP contribution in [0.4, 0.5) is 5.69 Å². The summed E-state index contributed by atoms with van der Waals surface area (Å²) in [6.45, 7) is 1.77. The summed E-state index contributed by atoms with van der Waals surface area (Å²) in [5.74, 6) is 1.82. The summed E-state index contributed by atoms with van der Waals surface area (Å²) >= 11 is 4.98. The number of nitrogens with two attached hydrogens (primary N) is 1. The fraction of sp³-hybridized carbons (Fsp3) is 0.200. The lowest BCUT2D eigenvalue weighted by Crippen LogP contribution is -1.89. The Hall–Kier alpha value is -1.01. The Morgan fingerprint density at radius 1 is 1.44 bits per heavy atom. The molecule has 0 fully saturated rings. The molecule has 0 atom stereocenters. The molecule has 1 heterocycles. The number of anilines is 1. The van der Waals surface area contributed by atoms with E-state index in [-0.39, 0.29) is 0 Å². The molecular weight excluding hydrogens is 290 g/mol. The molecule has 6 heteroatoms. The van der Waals surface area contributed by atoms with Crippen LogP contribution in [0.25, 0.3) is 0 Å². The minimum Gasteiger partial charge on any atom is -0.425 e. The molecule has 84 valence electrons. The van der Waals surface area contributed by atoms with Gasteiger partial charge < -0.3 is 10.2 Å². The molecule has 1 aromatic heterocycles. The van der Waals surface area contributed by atoms with E-state index in [1.165, 1.54) is 0 Å². The SMILES string of the molecule is Cc1nnc(CSc2cc(Br)ccc2N)o1. The number of aromatic nitrogens is 2. The van der Waals surface area contributed by atoms with Crippen molar-refractivity contribution < 1.29 is 4.42 Å². The van der Waals surface area contributed by atoms with Crippen molar-refractivity contribution in [1.82, 2.24) is 10.2 Å². The molecule has 2 aromatic rings. The first kappa shape index (κ1) is 11.5. The highest BCUT2D eigenvalue weighted by Crippen LogP contribution is 2.30. The van der Waals surface area contributed by atoms with Gasteiger partial charge in [0.2, 0.25) is 11.8 Å². The lowest BCUT2D eigenvalue weighted by Gasteiger charge is -2.03. The highest BCUT2D eigenvalue weighted by atomic mass is 79.9. The lowest BCUT2D eigenvalue weighted by atomic mass is 10.3. The first-order valence-electron chi connectivity index (χ1n) is 4.62. The average molecular weight is 300 g/mol. The lowest BCUT2D eigenvalue weighted by molar-refractivity contribution is 0.485. The molecule has 0 amide bonds. The van der Waals surface area contributed by atoms with Crippen LogP contribution in [0.1, 0.15) is 11.8 Å². The highest BCUT2D eigenvalue weighted by molar-refractivity contribution is 9.10. The molecule has 0 bridgehead atoms. The highest BCUT2D eigenvalue weighted by Gasteiger charge is 2.06. The van der Waals surface area contributed by atoms with Crippen LogP contribution in [0.5, 0.6) is 0 Å². The van der Waals surface area contributed by atoms with Crippen LogP contribution in [0.15, 0.2) is 32.0 Å². The van der Waals surface area contributed by atoms with Gasteiger partial charge in [-0.25, -0.2) is 0 Å². The van der Waals surface area contributed by atoms with E-state index >= 15 is 0 Å². The molecule has 0 aliphatic carbocycles. The maximum absolute atomic E-state index is 5.85. The number of nitrogen functional groups attached to an aromatic ring is 1. The van der Waals surface area contributed by atoms with Crippen molar-refractivity contribution >= 4 is 33.4 Å². The van der Waals surface area contributed by atoms with Gasteiger partial charge in [0, 0.05) is 22.0 Å². The Bertz CT molecular complexity index is 501. The first-order chi connectivity index (χ1) is 7.65. The van der Waals surface area contributed by atoms with Crippen LogP contribution >= 0.6 is 27.7 Å². The van der Waals surface area contributed by atoms with Gasteiger partial charge in [-0.15, -0.1) is 22.0 Å². The van der Waals surface area contributed by atoms with Crippen molar-refractivity contribution in [3.63, 3.8) is 0 Å². The zero-order chi connectivity index (χ0) is 11.5. The van der Waals surface area contributed by atoms with E-state index in [0.29, 0.717) is 17.5 Å².